The van der Waals surface area contributed by atoms with E-state index >= 15 is 0 Å². The van der Waals surface area contributed by atoms with Gasteiger partial charge in [-0.05, 0) is 41.6 Å². The third kappa shape index (κ3) is 4.87. The number of rotatable bonds is 4. The third-order valence-electron chi connectivity index (χ3n) is 3.25. The van der Waals surface area contributed by atoms with Gasteiger partial charge in [0.05, 0.1) is 0 Å². The molecule has 0 fully saturated rings. The molecular weight excluding hydrogens is 253 g/mol. The van der Waals surface area contributed by atoms with Gasteiger partial charge in [-0.3, -0.25) is 0 Å². The molecule has 0 amide bonds. The van der Waals surface area contributed by atoms with Crippen molar-refractivity contribution in [3.63, 3.8) is 0 Å². The highest BCUT2D eigenvalue weighted by atomic mass is 35.5. The van der Waals surface area contributed by atoms with Crippen molar-refractivity contribution in [1.82, 2.24) is 5.32 Å². The van der Waals surface area contributed by atoms with Crippen LogP contribution in [0.25, 0.3) is 0 Å². The SMILES string of the molecule is CC(CNCc1cc(Cl)ccc1Cl)C(C)(C)C. The van der Waals surface area contributed by atoms with E-state index in [1.165, 1.54) is 0 Å². The zero-order chi connectivity index (χ0) is 13.1. The lowest BCUT2D eigenvalue weighted by atomic mass is 9.82. The Morgan fingerprint density at radius 3 is 2.47 bits per heavy atom. The van der Waals surface area contributed by atoms with Crippen LogP contribution >= 0.6 is 23.2 Å². The molecule has 96 valence electrons. The van der Waals surface area contributed by atoms with Gasteiger partial charge in [0.1, 0.15) is 0 Å². The molecule has 0 saturated heterocycles. The Hall–Kier alpha value is -0.240. The molecule has 1 N–H and O–H groups in total. The molecule has 1 unspecified atom stereocenters. The van der Waals surface area contributed by atoms with Gasteiger partial charge >= 0.3 is 0 Å². The summed E-state index contributed by atoms with van der Waals surface area (Å²) < 4.78 is 0. The molecule has 1 aromatic carbocycles. The number of hydrogen-bond donors (Lipinski definition) is 1. The van der Waals surface area contributed by atoms with Gasteiger partial charge < -0.3 is 5.32 Å². The van der Waals surface area contributed by atoms with Gasteiger partial charge in [0, 0.05) is 16.6 Å². The average Bonchev–Trinajstić information content (AvgIpc) is 2.21. The standard InChI is InChI=1S/C14H21Cl2N/c1-10(14(2,3)4)8-17-9-11-7-12(15)5-6-13(11)16/h5-7,10,17H,8-9H2,1-4H3. The first-order valence-electron chi connectivity index (χ1n) is 5.95. The Kier molecular flexibility index (Phi) is 5.30. The molecule has 0 heterocycles. The maximum absolute atomic E-state index is 6.10. The van der Waals surface area contributed by atoms with Crippen molar-refractivity contribution in [2.24, 2.45) is 11.3 Å². The van der Waals surface area contributed by atoms with Crippen molar-refractivity contribution in [2.45, 2.75) is 34.2 Å². The van der Waals surface area contributed by atoms with Gasteiger partial charge in [0.2, 0.25) is 0 Å². The molecule has 0 aliphatic carbocycles. The Bertz CT molecular complexity index is 369. The van der Waals surface area contributed by atoms with Gasteiger partial charge in [-0.25, -0.2) is 0 Å². The van der Waals surface area contributed by atoms with E-state index in [0.29, 0.717) is 11.3 Å². The van der Waals surface area contributed by atoms with Crippen LogP contribution in [0.1, 0.15) is 33.3 Å². The van der Waals surface area contributed by atoms with Crippen LogP contribution in [0.4, 0.5) is 0 Å². The molecule has 0 radical (unpaired) electrons. The fourth-order valence-corrected chi connectivity index (χ4v) is 1.79. The van der Waals surface area contributed by atoms with Crippen LogP contribution in [0.2, 0.25) is 10.0 Å². The van der Waals surface area contributed by atoms with Crippen LogP contribution in [0.5, 0.6) is 0 Å². The Balaban J connectivity index is 2.49. The van der Waals surface area contributed by atoms with Gasteiger partial charge in [-0.2, -0.15) is 0 Å². The molecule has 1 atom stereocenters. The predicted octanol–water partition coefficient (Wildman–Crippen LogP) is 4.77. The third-order valence-corrected chi connectivity index (χ3v) is 3.86. The largest absolute Gasteiger partial charge is 0.312 e. The Labute approximate surface area is 115 Å². The second kappa shape index (κ2) is 6.08. The molecular formula is C14H21Cl2N. The minimum Gasteiger partial charge on any atom is -0.312 e. The van der Waals surface area contributed by atoms with E-state index in [1.807, 2.05) is 18.2 Å². The van der Waals surface area contributed by atoms with Crippen molar-refractivity contribution in [1.29, 1.82) is 0 Å². The van der Waals surface area contributed by atoms with Crippen LogP contribution in [0.15, 0.2) is 18.2 Å². The predicted molar refractivity (Wildman–Crippen MR) is 76.8 cm³/mol. The molecule has 1 nitrogen and oxygen atoms in total. The maximum atomic E-state index is 6.10. The highest BCUT2D eigenvalue weighted by Crippen LogP contribution is 2.25. The monoisotopic (exact) mass is 273 g/mol. The van der Waals surface area contributed by atoms with Crippen LogP contribution < -0.4 is 5.32 Å². The molecule has 1 aromatic rings. The second-order valence-electron chi connectivity index (χ2n) is 5.63. The molecule has 0 bridgehead atoms. The van der Waals surface area contributed by atoms with E-state index in [9.17, 15) is 0 Å². The zero-order valence-corrected chi connectivity index (χ0v) is 12.5. The van der Waals surface area contributed by atoms with Crippen molar-refractivity contribution < 1.29 is 0 Å². The van der Waals surface area contributed by atoms with Gasteiger partial charge in [-0.1, -0.05) is 50.9 Å². The number of hydrogen-bond acceptors (Lipinski definition) is 1. The lowest BCUT2D eigenvalue weighted by Gasteiger charge is -2.27. The summed E-state index contributed by atoms with van der Waals surface area (Å²) in [7, 11) is 0. The Morgan fingerprint density at radius 2 is 1.88 bits per heavy atom. The quantitative estimate of drug-likeness (QED) is 0.834. The van der Waals surface area contributed by atoms with Crippen molar-refractivity contribution in [2.75, 3.05) is 6.54 Å². The zero-order valence-electron chi connectivity index (χ0n) is 11.0. The van der Waals surface area contributed by atoms with Crippen molar-refractivity contribution in [3.05, 3.63) is 33.8 Å². The molecule has 0 aromatic heterocycles. The fraction of sp³-hybridized carbons (Fsp3) is 0.571. The summed E-state index contributed by atoms with van der Waals surface area (Å²) in [6.45, 7) is 10.8. The van der Waals surface area contributed by atoms with Gasteiger partial charge in [0.25, 0.3) is 0 Å². The summed E-state index contributed by atoms with van der Waals surface area (Å²) in [6.07, 6.45) is 0. The van der Waals surface area contributed by atoms with E-state index < -0.39 is 0 Å². The number of nitrogens with one attached hydrogen (secondary N) is 1. The van der Waals surface area contributed by atoms with Crippen LogP contribution in [-0.2, 0) is 6.54 Å². The summed E-state index contributed by atoms with van der Waals surface area (Å²) in [5.41, 5.74) is 1.38. The Morgan fingerprint density at radius 1 is 1.24 bits per heavy atom. The van der Waals surface area contributed by atoms with Gasteiger partial charge in [-0.15, -0.1) is 0 Å². The van der Waals surface area contributed by atoms with E-state index in [4.69, 9.17) is 23.2 Å². The summed E-state index contributed by atoms with van der Waals surface area (Å²) in [5, 5.41) is 4.93. The molecule has 1 rings (SSSR count). The summed E-state index contributed by atoms with van der Waals surface area (Å²) in [5.74, 6) is 0.612. The van der Waals surface area contributed by atoms with Crippen molar-refractivity contribution >= 4 is 23.2 Å². The fourth-order valence-electron chi connectivity index (χ4n) is 1.41. The van der Waals surface area contributed by atoms with Crippen LogP contribution in [0.3, 0.4) is 0 Å². The van der Waals surface area contributed by atoms with E-state index in [2.05, 4.69) is 33.0 Å². The first-order chi connectivity index (χ1) is 7.80. The molecule has 3 heteroatoms. The highest BCUT2D eigenvalue weighted by Gasteiger charge is 2.19. The molecule has 0 spiro atoms. The smallest absolute Gasteiger partial charge is 0.0451 e. The van der Waals surface area contributed by atoms with Crippen molar-refractivity contribution in [3.8, 4) is 0 Å². The number of halogens is 2. The second-order valence-corrected chi connectivity index (χ2v) is 6.48. The van der Waals surface area contributed by atoms with E-state index in [1.54, 1.807) is 0 Å². The molecule has 0 saturated carbocycles. The first kappa shape index (κ1) is 14.8. The lowest BCUT2D eigenvalue weighted by Crippen LogP contribution is -2.29. The average molecular weight is 274 g/mol. The lowest BCUT2D eigenvalue weighted by molar-refractivity contribution is 0.252. The minimum atomic E-state index is 0.325. The first-order valence-corrected chi connectivity index (χ1v) is 6.71. The van der Waals surface area contributed by atoms with Gasteiger partial charge in [0.15, 0.2) is 0 Å². The summed E-state index contributed by atoms with van der Waals surface area (Å²) in [6, 6.07) is 5.57. The normalized spacial score (nSPS) is 13.8. The van der Waals surface area contributed by atoms with E-state index in [0.717, 1.165) is 28.7 Å². The summed E-state index contributed by atoms with van der Waals surface area (Å²) in [4.78, 5) is 0. The van der Waals surface area contributed by atoms with Crippen LogP contribution in [0, 0.1) is 11.3 Å². The topological polar surface area (TPSA) is 12.0 Å². The molecule has 17 heavy (non-hydrogen) atoms. The van der Waals surface area contributed by atoms with E-state index in [-0.39, 0.29) is 0 Å². The minimum absolute atomic E-state index is 0.325. The molecule has 0 aliphatic heterocycles. The summed E-state index contributed by atoms with van der Waals surface area (Å²) >= 11 is 12.0. The maximum Gasteiger partial charge on any atom is 0.0451 e. The number of benzene rings is 1. The highest BCUT2D eigenvalue weighted by molar-refractivity contribution is 6.33. The van der Waals surface area contributed by atoms with Crippen LogP contribution in [-0.4, -0.2) is 6.54 Å². The molecule has 0 aliphatic rings.